The van der Waals surface area contributed by atoms with Crippen LogP contribution in [0.15, 0.2) is 18.2 Å². The van der Waals surface area contributed by atoms with Crippen LogP contribution in [0.5, 0.6) is 0 Å². The summed E-state index contributed by atoms with van der Waals surface area (Å²) >= 11 is 0. The number of rotatable bonds is 4. The van der Waals surface area contributed by atoms with E-state index in [2.05, 4.69) is 28.8 Å². The number of aromatic nitrogens is 3. The highest BCUT2D eigenvalue weighted by molar-refractivity contribution is 6.04. The summed E-state index contributed by atoms with van der Waals surface area (Å²) in [5.74, 6) is 1.43. The fourth-order valence-electron chi connectivity index (χ4n) is 4.30. The lowest BCUT2D eigenvalue weighted by Crippen LogP contribution is -2.32. The van der Waals surface area contributed by atoms with Gasteiger partial charge in [-0.15, -0.1) is 0 Å². The molecule has 3 heterocycles. The first-order chi connectivity index (χ1) is 13.7. The van der Waals surface area contributed by atoms with Crippen LogP contribution in [0.4, 0.5) is 4.79 Å². The van der Waals surface area contributed by atoms with Crippen molar-refractivity contribution >= 4 is 11.9 Å². The number of amides is 3. The fourth-order valence-corrected chi connectivity index (χ4v) is 4.30. The van der Waals surface area contributed by atoms with Gasteiger partial charge in [0.2, 0.25) is 0 Å². The summed E-state index contributed by atoms with van der Waals surface area (Å²) < 4.78 is 7.31. The van der Waals surface area contributed by atoms with Gasteiger partial charge < -0.3 is 10.1 Å². The molecular formula is C20H23N5O3. The largest absolute Gasteiger partial charge is 0.381 e. The van der Waals surface area contributed by atoms with E-state index in [1.807, 2.05) is 4.68 Å². The van der Waals surface area contributed by atoms with Crippen molar-refractivity contribution < 1.29 is 14.3 Å². The van der Waals surface area contributed by atoms with Gasteiger partial charge in [-0.25, -0.2) is 14.5 Å². The van der Waals surface area contributed by atoms with E-state index < -0.39 is 12.1 Å². The van der Waals surface area contributed by atoms with Crippen molar-refractivity contribution in [1.82, 2.24) is 25.4 Å². The number of hydrogen-bond acceptors (Lipinski definition) is 5. The molecule has 0 saturated carbocycles. The number of imide groups is 1. The Morgan fingerprint density at radius 3 is 2.75 bits per heavy atom. The van der Waals surface area contributed by atoms with E-state index in [0.29, 0.717) is 25.5 Å². The number of carbonyl (C=O) groups is 2. The maximum Gasteiger partial charge on any atom is 0.322 e. The van der Waals surface area contributed by atoms with Gasteiger partial charge in [-0.05, 0) is 55.4 Å². The Hall–Kier alpha value is -2.74. The van der Waals surface area contributed by atoms with E-state index in [4.69, 9.17) is 14.8 Å². The monoisotopic (exact) mass is 381 g/mol. The normalized spacial score (nSPS) is 22.2. The van der Waals surface area contributed by atoms with Gasteiger partial charge in [-0.3, -0.25) is 10.1 Å². The lowest BCUT2D eigenvalue weighted by Gasteiger charge is -2.18. The molecular weight excluding hydrogens is 358 g/mol. The molecule has 146 valence electrons. The Kier molecular flexibility index (Phi) is 4.35. The second-order valence-electron chi connectivity index (χ2n) is 7.71. The van der Waals surface area contributed by atoms with Crippen molar-refractivity contribution in [2.45, 2.75) is 50.5 Å². The Morgan fingerprint density at radius 1 is 1.14 bits per heavy atom. The summed E-state index contributed by atoms with van der Waals surface area (Å²) in [7, 11) is 0. The van der Waals surface area contributed by atoms with Gasteiger partial charge in [0.15, 0.2) is 5.82 Å². The van der Waals surface area contributed by atoms with Crippen LogP contribution in [0.3, 0.4) is 0 Å². The minimum Gasteiger partial charge on any atom is -0.381 e. The summed E-state index contributed by atoms with van der Waals surface area (Å²) in [4.78, 5) is 28.3. The smallest absolute Gasteiger partial charge is 0.322 e. The van der Waals surface area contributed by atoms with Crippen molar-refractivity contribution in [2.24, 2.45) is 0 Å². The zero-order chi connectivity index (χ0) is 19.1. The molecule has 2 aliphatic heterocycles. The van der Waals surface area contributed by atoms with Gasteiger partial charge in [-0.1, -0.05) is 6.07 Å². The van der Waals surface area contributed by atoms with E-state index in [9.17, 15) is 9.59 Å². The Bertz CT molecular complexity index is 932. The quantitative estimate of drug-likeness (QED) is 0.780. The molecule has 28 heavy (non-hydrogen) atoms. The molecule has 2 fully saturated rings. The number of carbonyl (C=O) groups excluding carboxylic acids is 2. The number of ether oxygens (including phenoxy) is 1. The molecule has 3 amide bonds. The molecule has 1 aromatic carbocycles. The predicted octanol–water partition coefficient (Wildman–Crippen LogP) is 1.40. The van der Waals surface area contributed by atoms with Crippen LogP contribution in [0.25, 0.3) is 5.69 Å². The molecule has 1 aromatic heterocycles. The van der Waals surface area contributed by atoms with E-state index in [1.54, 1.807) is 0 Å². The third-order valence-electron chi connectivity index (χ3n) is 5.85. The zero-order valence-corrected chi connectivity index (χ0v) is 15.6. The highest BCUT2D eigenvalue weighted by Gasteiger charge is 2.32. The van der Waals surface area contributed by atoms with Crippen LogP contribution in [0.1, 0.15) is 48.0 Å². The zero-order valence-electron chi connectivity index (χ0n) is 15.6. The van der Waals surface area contributed by atoms with E-state index in [-0.39, 0.29) is 11.8 Å². The van der Waals surface area contributed by atoms with E-state index in [0.717, 1.165) is 37.2 Å². The van der Waals surface area contributed by atoms with Gasteiger partial charge >= 0.3 is 6.03 Å². The van der Waals surface area contributed by atoms with Gasteiger partial charge in [-0.2, -0.15) is 5.10 Å². The van der Waals surface area contributed by atoms with Gasteiger partial charge in [0.25, 0.3) is 5.91 Å². The minimum absolute atomic E-state index is 0.259. The second kappa shape index (κ2) is 7.01. The molecule has 1 aliphatic carbocycles. The summed E-state index contributed by atoms with van der Waals surface area (Å²) in [5, 5.41) is 9.77. The van der Waals surface area contributed by atoms with Crippen molar-refractivity contribution in [2.75, 3.05) is 13.2 Å². The van der Waals surface area contributed by atoms with E-state index >= 15 is 0 Å². The highest BCUT2D eigenvalue weighted by Crippen LogP contribution is 2.28. The summed E-state index contributed by atoms with van der Waals surface area (Å²) in [6, 6.07) is 5.35. The molecule has 1 atom stereocenters. The lowest BCUT2D eigenvalue weighted by atomic mass is 10.00. The van der Waals surface area contributed by atoms with Crippen LogP contribution in [0.2, 0.25) is 0 Å². The van der Waals surface area contributed by atoms with Crippen LogP contribution in [-0.2, 0) is 28.8 Å². The van der Waals surface area contributed by atoms with Gasteiger partial charge in [0, 0.05) is 25.6 Å². The molecule has 0 unspecified atom stereocenters. The molecule has 0 bridgehead atoms. The molecule has 2 saturated heterocycles. The first kappa shape index (κ1) is 17.4. The van der Waals surface area contributed by atoms with Crippen molar-refractivity contribution in [3.8, 4) is 5.69 Å². The second-order valence-corrected chi connectivity index (χ2v) is 7.71. The number of hydrogen-bond donors (Lipinski definition) is 2. The van der Waals surface area contributed by atoms with Gasteiger partial charge in [0.05, 0.1) is 5.69 Å². The summed E-state index contributed by atoms with van der Waals surface area (Å²) in [5.41, 5.74) is 3.72. The third kappa shape index (κ3) is 3.17. The van der Waals surface area contributed by atoms with Crippen molar-refractivity contribution in [1.29, 1.82) is 0 Å². The summed E-state index contributed by atoms with van der Waals surface area (Å²) in [6.07, 6.45) is 5.50. The lowest BCUT2D eigenvalue weighted by molar-refractivity contribution is -0.120. The maximum atomic E-state index is 12.0. The number of aryl methyl sites for hydroxylation is 2. The first-order valence-electron chi connectivity index (χ1n) is 9.94. The number of benzene rings is 1. The van der Waals surface area contributed by atoms with Crippen LogP contribution in [0, 0.1) is 0 Å². The van der Waals surface area contributed by atoms with Crippen LogP contribution < -0.4 is 10.6 Å². The summed E-state index contributed by atoms with van der Waals surface area (Å²) in [6.45, 7) is 1.43. The number of urea groups is 1. The predicted molar refractivity (Wildman–Crippen MR) is 100 cm³/mol. The molecule has 0 radical (unpaired) electrons. The molecule has 5 rings (SSSR count). The maximum absolute atomic E-state index is 12.0. The SMILES string of the molecule is O=C1NC(=O)[C@H](Cc2nc(C3CCOCC3)nn2-c2ccc3c(c2)CCC3)N1. The molecule has 2 N–H and O–H groups in total. The van der Waals surface area contributed by atoms with Crippen molar-refractivity contribution in [3.05, 3.63) is 41.0 Å². The minimum atomic E-state index is -0.618. The highest BCUT2D eigenvalue weighted by atomic mass is 16.5. The Balaban J connectivity index is 1.51. The number of nitrogens with one attached hydrogen (secondary N) is 2. The first-order valence-corrected chi connectivity index (χ1v) is 9.94. The topological polar surface area (TPSA) is 98.1 Å². The average Bonchev–Trinajstić information content (AvgIpc) is 3.41. The van der Waals surface area contributed by atoms with Crippen LogP contribution in [-0.4, -0.2) is 46.0 Å². The Morgan fingerprint density at radius 2 is 1.96 bits per heavy atom. The molecule has 8 nitrogen and oxygen atoms in total. The molecule has 2 aromatic rings. The average molecular weight is 381 g/mol. The third-order valence-corrected chi connectivity index (χ3v) is 5.85. The Labute approximate surface area is 162 Å². The number of nitrogens with zero attached hydrogens (tertiary/aromatic N) is 3. The molecule has 0 spiro atoms. The standard InChI is InChI=1S/C20H23N5O3/c26-19-16(21-20(27)23-19)11-17-22-18(13-6-8-28-9-7-13)24-25(17)15-5-4-12-2-1-3-14(12)10-15/h4-5,10,13,16H,1-3,6-9,11H2,(H2,21,23,26,27)/t16-/m0/s1. The van der Waals surface area contributed by atoms with Gasteiger partial charge in [0.1, 0.15) is 11.9 Å². The van der Waals surface area contributed by atoms with E-state index in [1.165, 1.54) is 17.5 Å². The molecule has 3 aliphatic rings. The molecule has 8 heteroatoms. The van der Waals surface area contributed by atoms with Crippen molar-refractivity contribution in [3.63, 3.8) is 0 Å². The number of fused-ring (bicyclic) bond motifs is 1. The van der Waals surface area contributed by atoms with Crippen LogP contribution >= 0.6 is 0 Å². The fraction of sp³-hybridized carbons (Fsp3) is 0.500.